The highest BCUT2D eigenvalue weighted by Gasteiger charge is 2.29. The average Bonchev–Trinajstić information content (AvgIpc) is 2.84. The third-order valence-electron chi connectivity index (χ3n) is 3.04. The van der Waals surface area contributed by atoms with E-state index < -0.39 is 11.9 Å². The summed E-state index contributed by atoms with van der Waals surface area (Å²) in [6.45, 7) is 4.62. The van der Waals surface area contributed by atoms with Gasteiger partial charge in [-0.1, -0.05) is 6.07 Å². The van der Waals surface area contributed by atoms with Gasteiger partial charge in [0.05, 0.1) is 12.2 Å². The molecule has 0 bridgehead atoms. The lowest BCUT2D eigenvalue weighted by atomic mass is 10.1. The fraction of sp³-hybridized carbons (Fsp3) is 0.250. The van der Waals surface area contributed by atoms with Gasteiger partial charge in [0.25, 0.3) is 5.91 Å². The minimum Gasteiger partial charge on any atom is -0.462 e. The zero-order valence-corrected chi connectivity index (χ0v) is 13.0. The van der Waals surface area contributed by atoms with E-state index >= 15 is 0 Å². The summed E-state index contributed by atoms with van der Waals surface area (Å²) in [6.07, 6.45) is 1.47. The minimum atomic E-state index is -0.731. The van der Waals surface area contributed by atoms with E-state index in [9.17, 15) is 14.4 Å². The molecule has 0 spiro atoms. The molecule has 23 heavy (non-hydrogen) atoms. The SMILES string of the molecule is CCOC(=O)c1c(NC(=O)c2ccccn2)oc(C)c1C(C)=O. The molecular weight excluding hydrogens is 300 g/mol. The molecule has 0 atom stereocenters. The van der Waals surface area contributed by atoms with Gasteiger partial charge in [0.15, 0.2) is 5.78 Å². The summed E-state index contributed by atoms with van der Waals surface area (Å²) < 4.78 is 10.3. The van der Waals surface area contributed by atoms with E-state index in [0.717, 1.165) is 0 Å². The molecule has 2 heterocycles. The van der Waals surface area contributed by atoms with Gasteiger partial charge in [0.1, 0.15) is 17.0 Å². The second-order valence-electron chi connectivity index (χ2n) is 4.68. The Morgan fingerprint density at radius 2 is 2.00 bits per heavy atom. The number of Topliss-reactive ketones (excluding diaryl/α,β-unsaturated/α-hetero) is 1. The van der Waals surface area contributed by atoms with E-state index in [1.165, 1.54) is 26.1 Å². The van der Waals surface area contributed by atoms with Crippen LogP contribution >= 0.6 is 0 Å². The van der Waals surface area contributed by atoms with Crippen LogP contribution in [0.4, 0.5) is 5.88 Å². The highest BCUT2D eigenvalue weighted by molar-refractivity contribution is 6.12. The maximum Gasteiger partial charge on any atom is 0.344 e. The molecule has 0 saturated carbocycles. The van der Waals surface area contributed by atoms with Crippen LogP contribution in [0.1, 0.15) is 50.8 Å². The van der Waals surface area contributed by atoms with Crippen molar-refractivity contribution >= 4 is 23.5 Å². The summed E-state index contributed by atoms with van der Waals surface area (Å²) >= 11 is 0. The summed E-state index contributed by atoms with van der Waals surface area (Å²) in [5.41, 5.74) is 0.168. The Hall–Kier alpha value is -2.96. The number of ether oxygens (including phenoxy) is 1. The van der Waals surface area contributed by atoms with Crippen molar-refractivity contribution in [2.45, 2.75) is 20.8 Å². The Morgan fingerprint density at radius 3 is 2.57 bits per heavy atom. The maximum atomic E-state index is 12.2. The van der Waals surface area contributed by atoms with Gasteiger partial charge in [0, 0.05) is 6.20 Å². The summed E-state index contributed by atoms with van der Waals surface area (Å²) in [4.78, 5) is 40.0. The summed E-state index contributed by atoms with van der Waals surface area (Å²) in [6, 6.07) is 4.84. The molecule has 7 heteroatoms. The number of amides is 1. The number of hydrogen-bond donors (Lipinski definition) is 1. The lowest BCUT2D eigenvalue weighted by molar-refractivity contribution is 0.0524. The predicted octanol–water partition coefficient (Wildman–Crippen LogP) is 2.61. The Kier molecular flexibility index (Phi) is 4.90. The standard InChI is InChI=1S/C16H16N2O5/c1-4-22-16(21)13-12(9(2)19)10(3)23-15(13)18-14(20)11-7-5-6-8-17-11/h5-8H,4H2,1-3H3,(H,18,20). The largest absolute Gasteiger partial charge is 0.462 e. The van der Waals surface area contributed by atoms with Gasteiger partial charge in [-0.05, 0) is 32.9 Å². The minimum absolute atomic E-state index is 0.0823. The van der Waals surface area contributed by atoms with Crippen LogP contribution in [-0.2, 0) is 4.74 Å². The van der Waals surface area contributed by atoms with E-state index in [1.807, 2.05) is 0 Å². The van der Waals surface area contributed by atoms with Crippen molar-refractivity contribution in [3.8, 4) is 0 Å². The van der Waals surface area contributed by atoms with Crippen LogP contribution in [0.15, 0.2) is 28.8 Å². The number of ketones is 1. The van der Waals surface area contributed by atoms with E-state index in [0.29, 0.717) is 0 Å². The van der Waals surface area contributed by atoms with Crippen molar-refractivity contribution < 1.29 is 23.5 Å². The number of aromatic nitrogens is 1. The number of aryl methyl sites for hydroxylation is 1. The molecule has 7 nitrogen and oxygen atoms in total. The molecule has 0 aliphatic rings. The van der Waals surface area contributed by atoms with Crippen molar-refractivity contribution in [3.63, 3.8) is 0 Å². The number of nitrogens with one attached hydrogen (secondary N) is 1. The average molecular weight is 316 g/mol. The third kappa shape index (κ3) is 3.45. The highest BCUT2D eigenvalue weighted by Crippen LogP contribution is 2.28. The number of anilines is 1. The van der Waals surface area contributed by atoms with Crippen LogP contribution in [0.5, 0.6) is 0 Å². The predicted molar refractivity (Wildman–Crippen MR) is 81.6 cm³/mol. The summed E-state index contributed by atoms with van der Waals surface area (Å²) in [5, 5.41) is 2.46. The molecule has 1 amide bonds. The number of furan rings is 1. The molecule has 1 N–H and O–H groups in total. The molecule has 0 radical (unpaired) electrons. The highest BCUT2D eigenvalue weighted by atomic mass is 16.5. The molecule has 0 aliphatic carbocycles. The lowest BCUT2D eigenvalue weighted by Crippen LogP contribution is -2.17. The third-order valence-corrected chi connectivity index (χ3v) is 3.04. The Bertz CT molecular complexity index is 749. The van der Waals surface area contributed by atoms with Crippen LogP contribution in [0, 0.1) is 6.92 Å². The van der Waals surface area contributed by atoms with Crippen LogP contribution in [0.2, 0.25) is 0 Å². The maximum absolute atomic E-state index is 12.2. The van der Waals surface area contributed by atoms with Gasteiger partial charge in [-0.3, -0.25) is 19.9 Å². The number of rotatable bonds is 5. The number of hydrogen-bond acceptors (Lipinski definition) is 6. The van der Waals surface area contributed by atoms with E-state index in [-0.39, 0.29) is 40.9 Å². The van der Waals surface area contributed by atoms with E-state index in [1.54, 1.807) is 19.1 Å². The van der Waals surface area contributed by atoms with Crippen molar-refractivity contribution in [2.24, 2.45) is 0 Å². The number of nitrogens with zero attached hydrogens (tertiary/aromatic N) is 1. The fourth-order valence-electron chi connectivity index (χ4n) is 2.12. The first-order valence-electron chi connectivity index (χ1n) is 6.99. The number of carbonyl (C=O) groups is 3. The quantitative estimate of drug-likeness (QED) is 0.672. The second kappa shape index (κ2) is 6.87. The molecule has 0 aromatic carbocycles. The monoisotopic (exact) mass is 316 g/mol. The molecule has 0 aliphatic heterocycles. The first-order chi connectivity index (χ1) is 11.0. The first kappa shape index (κ1) is 16.4. The van der Waals surface area contributed by atoms with Crippen LogP contribution in [0.3, 0.4) is 0 Å². The zero-order chi connectivity index (χ0) is 17.0. The first-order valence-corrected chi connectivity index (χ1v) is 6.99. The Balaban J connectivity index is 2.42. The lowest BCUT2D eigenvalue weighted by Gasteiger charge is -2.05. The van der Waals surface area contributed by atoms with E-state index in [4.69, 9.17) is 9.15 Å². The normalized spacial score (nSPS) is 10.2. The molecule has 0 fully saturated rings. The van der Waals surface area contributed by atoms with Crippen LogP contribution in [0.25, 0.3) is 0 Å². The molecule has 0 unspecified atom stereocenters. The summed E-state index contributed by atoms with van der Waals surface area (Å²) in [7, 11) is 0. The van der Waals surface area contributed by atoms with Gasteiger partial charge in [0.2, 0.25) is 5.88 Å². The van der Waals surface area contributed by atoms with Crippen molar-refractivity contribution in [1.82, 2.24) is 4.98 Å². The zero-order valence-electron chi connectivity index (χ0n) is 13.0. The van der Waals surface area contributed by atoms with Crippen LogP contribution < -0.4 is 5.32 Å². The Morgan fingerprint density at radius 1 is 1.26 bits per heavy atom. The molecule has 0 saturated heterocycles. The molecular formula is C16H16N2O5. The molecule has 2 rings (SSSR count). The van der Waals surface area contributed by atoms with Crippen molar-refractivity contribution in [2.75, 3.05) is 11.9 Å². The fourth-order valence-corrected chi connectivity index (χ4v) is 2.12. The topological polar surface area (TPSA) is 98.5 Å². The van der Waals surface area contributed by atoms with Gasteiger partial charge >= 0.3 is 5.97 Å². The second-order valence-corrected chi connectivity index (χ2v) is 4.68. The van der Waals surface area contributed by atoms with Gasteiger partial charge < -0.3 is 9.15 Å². The van der Waals surface area contributed by atoms with Gasteiger partial charge in [-0.25, -0.2) is 4.79 Å². The van der Waals surface area contributed by atoms with Gasteiger partial charge in [-0.2, -0.15) is 0 Å². The number of pyridine rings is 1. The smallest absolute Gasteiger partial charge is 0.344 e. The number of carbonyl (C=O) groups excluding carboxylic acids is 3. The van der Waals surface area contributed by atoms with Crippen molar-refractivity contribution in [3.05, 3.63) is 47.0 Å². The Labute approximate surface area is 132 Å². The van der Waals surface area contributed by atoms with E-state index in [2.05, 4.69) is 10.3 Å². The van der Waals surface area contributed by atoms with Crippen LogP contribution in [-0.4, -0.2) is 29.3 Å². The van der Waals surface area contributed by atoms with Gasteiger partial charge in [-0.15, -0.1) is 0 Å². The number of esters is 1. The molecule has 2 aromatic heterocycles. The molecule has 2 aromatic rings. The molecule has 120 valence electrons. The van der Waals surface area contributed by atoms with Crippen molar-refractivity contribution in [1.29, 1.82) is 0 Å². The summed E-state index contributed by atoms with van der Waals surface area (Å²) in [5.74, 6) is -1.53.